The van der Waals surface area contributed by atoms with Crippen LogP contribution in [0.4, 0.5) is 5.69 Å². The number of nitrogens with two attached hydrogens (primary N) is 1. The minimum absolute atomic E-state index is 0.106. The van der Waals surface area contributed by atoms with E-state index in [4.69, 9.17) is 38.4 Å². The first-order valence-corrected chi connectivity index (χ1v) is 12.3. The highest BCUT2D eigenvalue weighted by molar-refractivity contribution is 7.93. The lowest BCUT2D eigenvalue weighted by molar-refractivity contribution is -0.116. The molecule has 0 atom stereocenters. The van der Waals surface area contributed by atoms with Crippen LogP contribution in [0.5, 0.6) is 11.5 Å². The Bertz CT molecular complexity index is 1330. The molecule has 3 aromatic rings. The van der Waals surface area contributed by atoms with Crippen LogP contribution in [0.2, 0.25) is 10.0 Å². The van der Waals surface area contributed by atoms with Crippen molar-refractivity contribution in [2.24, 2.45) is 5.73 Å². The Hall–Kier alpha value is -2.94. The van der Waals surface area contributed by atoms with Crippen LogP contribution in [0, 0.1) is 6.92 Å². The Morgan fingerprint density at radius 3 is 2.26 bits per heavy atom. The van der Waals surface area contributed by atoms with Gasteiger partial charge in [0, 0.05) is 22.5 Å². The molecule has 180 valence electrons. The van der Waals surface area contributed by atoms with E-state index in [1.165, 1.54) is 26.4 Å². The molecule has 0 fully saturated rings. The molecule has 10 heteroatoms. The van der Waals surface area contributed by atoms with Gasteiger partial charge in [-0.2, -0.15) is 0 Å². The first kappa shape index (κ1) is 25.7. The Kier molecular flexibility index (Phi) is 7.97. The van der Waals surface area contributed by atoms with E-state index in [2.05, 4.69) is 0 Å². The minimum Gasteiger partial charge on any atom is -0.496 e. The number of anilines is 1. The maximum absolute atomic E-state index is 13.9. The van der Waals surface area contributed by atoms with Crippen molar-refractivity contribution in [1.82, 2.24) is 0 Å². The van der Waals surface area contributed by atoms with E-state index in [0.717, 1.165) is 9.87 Å². The van der Waals surface area contributed by atoms with E-state index >= 15 is 0 Å². The zero-order valence-electron chi connectivity index (χ0n) is 18.8. The predicted octanol–water partition coefficient (Wildman–Crippen LogP) is 4.59. The summed E-state index contributed by atoms with van der Waals surface area (Å²) < 4.78 is 39.4. The van der Waals surface area contributed by atoms with Crippen molar-refractivity contribution in [3.05, 3.63) is 81.3 Å². The molecule has 0 aliphatic heterocycles. The lowest BCUT2D eigenvalue weighted by Gasteiger charge is -2.27. The van der Waals surface area contributed by atoms with Gasteiger partial charge in [-0.3, -0.25) is 9.10 Å². The van der Waals surface area contributed by atoms with E-state index in [-0.39, 0.29) is 22.8 Å². The van der Waals surface area contributed by atoms with Gasteiger partial charge in [0.2, 0.25) is 5.91 Å². The van der Waals surface area contributed by atoms with Crippen molar-refractivity contribution in [3.63, 3.8) is 0 Å². The molecule has 34 heavy (non-hydrogen) atoms. The fourth-order valence-electron chi connectivity index (χ4n) is 3.57. The molecule has 0 saturated carbocycles. The van der Waals surface area contributed by atoms with Crippen LogP contribution in [0.25, 0.3) is 0 Å². The number of aryl methyl sites for hydroxylation is 1. The zero-order chi connectivity index (χ0) is 25.0. The van der Waals surface area contributed by atoms with Crippen LogP contribution in [0.1, 0.15) is 16.7 Å². The van der Waals surface area contributed by atoms with E-state index < -0.39 is 22.5 Å². The molecule has 0 radical (unpaired) electrons. The number of carbonyl (C=O) groups excluding carboxylic acids is 1. The van der Waals surface area contributed by atoms with Crippen LogP contribution in [0.15, 0.2) is 59.5 Å². The first-order chi connectivity index (χ1) is 16.1. The monoisotopic (exact) mass is 522 g/mol. The van der Waals surface area contributed by atoms with E-state index in [9.17, 15) is 13.2 Å². The highest BCUT2D eigenvalue weighted by atomic mass is 35.5. The number of rotatable bonds is 9. The molecule has 0 saturated heterocycles. The highest BCUT2D eigenvalue weighted by Gasteiger charge is 2.32. The largest absolute Gasteiger partial charge is 0.496 e. The lowest BCUT2D eigenvalue weighted by Crippen LogP contribution is -2.39. The highest BCUT2D eigenvalue weighted by Crippen LogP contribution is 2.37. The molecule has 2 N–H and O–H groups in total. The second-order valence-corrected chi connectivity index (χ2v) is 10.2. The predicted molar refractivity (Wildman–Crippen MR) is 134 cm³/mol. The van der Waals surface area contributed by atoms with Gasteiger partial charge in [-0.25, -0.2) is 8.42 Å². The first-order valence-electron chi connectivity index (χ1n) is 10.1. The van der Waals surface area contributed by atoms with Crippen molar-refractivity contribution in [2.45, 2.75) is 18.2 Å². The van der Waals surface area contributed by atoms with Gasteiger partial charge in [0.1, 0.15) is 22.9 Å². The Labute approximate surface area is 209 Å². The van der Waals surface area contributed by atoms with Crippen molar-refractivity contribution < 1.29 is 22.7 Å². The van der Waals surface area contributed by atoms with Crippen molar-refractivity contribution in [1.29, 1.82) is 0 Å². The van der Waals surface area contributed by atoms with Gasteiger partial charge in [0.15, 0.2) is 0 Å². The number of sulfonamides is 1. The third kappa shape index (κ3) is 5.41. The Morgan fingerprint density at radius 1 is 0.971 bits per heavy atom. The van der Waals surface area contributed by atoms with Gasteiger partial charge in [0.25, 0.3) is 10.0 Å². The summed E-state index contributed by atoms with van der Waals surface area (Å²) in [6.45, 7) is 1.17. The molecule has 1 amide bonds. The van der Waals surface area contributed by atoms with E-state index in [0.29, 0.717) is 26.9 Å². The summed E-state index contributed by atoms with van der Waals surface area (Å²) in [5.41, 5.74) is 7.70. The van der Waals surface area contributed by atoms with E-state index in [1.807, 2.05) is 12.1 Å². The normalized spacial score (nSPS) is 11.2. The average molecular weight is 523 g/mol. The summed E-state index contributed by atoms with van der Waals surface area (Å²) in [7, 11) is -1.52. The third-order valence-corrected chi connectivity index (χ3v) is 7.58. The van der Waals surface area contributed by atoms with Gasteiger partial charge in [-0.15, -0.1) is 0 Å². The number of amides is 1. The standard InChI is InChI=1S/C24H24Cl2N2O5S/c1-15-10-22(33-3)23(13-21(15)32-2)34(30,31)28(14-24(27)29)20-9-8-18(25)12-17(20)11-16-6-4-5-7-19(16)26/h4-10,12-13H,11,14H2,1-3H3,(H2,27,29). The molecule has 0 aliphatic rings. The van der Waals surface area contributed by atoms with Gasteiger partial charge >= 0.3 is 0 Å². The number of hydrogen-bond donors (Lipinski definition) is 1. The number of benzene rings is 3. The summed E-state index contributed by atoms with van der Waals surface area (Å²) >= 11 is 12.6. The van der Waals surface area contributed by atoms with Crippen LogP contribution >= 0.6 is 23.2 Å². The number of primary amides is 1. The summed E-state index contributed by atoms with van der Waals surface area (Å²) in [5, 5.41) is 0.916. The number of hydrogen-bond acceptors (Lipinski definition) is 5. The molecule has 0 heterocycles. The average Bonchev–Trinajstić information content (AvgIpc) is 2.79. The summed E-state index contributed by atoms with van der Waals surface area (Å²) in [5.74, 6) is -0.375. The number of nitrogens with zero attached hydrogens (tertiary/aromatic N) is 1. The molecule has 0 spiro atoms. The van der Waals surface area contributed by atoms with Crippen LogP contribution in [-0.4, -0.2) is 35.1 Å². The third-order valence-electron chi connectivity index (χ3n) is 5.20. The fraction of sp³-hybridized carbons (Fsp3) is 0.208. The molecule has 0 aliphatic carbocycles. The second-order valence-electron chi connectivity index (χ2n) is 7.49. The van der Waals surface area contributed by atoms with Crippen molar-refractivity contribution >= 4 is 44.8 Å². The van der Waals surface area contributed by atoms with Gasteiger partial charge in [-0.05, 0) is 53.9 Å². The molecule has 3 rings (SSSR count). The maximum atomic E-state index is 13.9. The Balaban J connectivity index is 2.23. The smallest absolute Gasteiger partial charge is 0.268 e. The molecule has 0 unspecified atom stereocenters. The van der Waals surface area contributed by atoms with Gasteiger partial charge in [-0.1, -0.05) is 41.4 Å². The summed E-state index contributed by atoms with van der Waals surface area (Å²) in [6.07, 6.45) is 0.273. The topological polar surface area (TPSA) is 98.9 Å². The van der Waals surface area contributed by atoms with Crippen LogP contribution in [-0.2, 0) is 21.2 Å². The molecule has 3 aromatic carbocycles. The second kappa shape index (κ2) is 10.5. The molecular weight excluding hydrogens is 499 g/mol. The van der Waals surface area contributed by atoms with E-state index in [1.54, 1.807) is 37.3 Å². The zero-order valence-corrected chi connectivity index (χ0v) is 21.2. The Morgan fingerprint density at radius 2 is 1.65 bits per heavy atom. The molecule has 7 nitrogen and oxygen atoms in total. The van der Waals surface area contributed by atoms with Crippen LogP contribution < -0.4 is 19.5 Å². The van der Waals surface area contributed by atoms with Crippen molar-refractivity contribution in [2.75, 3.05) is 25.1 Å². The number of ether oxygens (including phenoxy) is 2. The van der Waals surface area contributed by atoms with Crippen molar-refractivity contribution in [3.8, 4) is 11.5 Å². The summed E-state index contributed by atoms with van der Waals surface area (Å²) in [4.78, 5) is 11.8. The lowest BCUT2D eigenvalue weighted by atomic mass is 10.0. The maximum Gasteiger partial charge on any atom is 0.268 e. The quantitative estimate of drug-likeness (QED) is 0.443. The fourth-order valence-corrected chi connectivity index (χ4v) is 5.59. The number of halogens is 2. The minimum atomic E-state index is -4.33. The van der Waals surface area contributed by atoms with Gasteiger partial charge < -0.3 is 15.2 Å². The summed E-state index contributed by atoms with van der Waals surface area (Å²) in [6, 6.07) is 14.8. The SMILES string of the molecule is COc1cc(S(=O)(=O)N(CC(N)=O)c2ccc(Cl)cc2Cc2ccccc2Cl)c(OC)cc1C. The molecule has 0 bridgehead atoms. The number of methoxy groups -OCH3 is 2. The van der Waals surface area contributed by atoms with Gasteiger partial charge in [0.05, 0.1) is 19.9 Å². The molecule has 0 aromatic heterocycles. The van der Waals surface area contributed by atoms with Crippen LogP contribution in [0.3, 0.4) is 0 Å². The number of carbonyl (C=O) groups is 1. The molecular formula is C24H24Cl2N2O5S.